The van der Waals surface area contributed by atoms with Gasteiger partial charge in [-0.1, -0.05) is 30.3 Å². The summed E-state index contributed by atoms with van der Waals surface area (Å²) in [5, 5.41) is 0. The van der Waals surface area contributed by atoms with E-state index in [0.29, 0.717) is 0 Å². The number of anilines is 1. The quantitative estimate of drug-likeness (QED) is 0.832. The highest BCUT2D eigenvalue weighted by atomic mass is 79.9. The number of pyridine rings is 1. The van der Waals surface area contributed by atoms with E-state index in [1.54, 1.807) is 0 Å². The maximum atomic E-state index is 4.38. The summed E-state index contributed by atoms with van der Waals surface area (Å²) in [4.78, 5) is 6.57. The lowest BCUT2D eigenvalue weighted by atomic mass is 10.1. The molecule has 1 heterocycles. The molecule has 0 fully saturated rings. The van der Waals surface area contributed by atoms with Crippen LogP contribution < -0.4 is 4.90 Å². The van der Waals surface area contributed by atoms with E-state index in [0.717, 1.165) is 29.7 Å². The zero-order valence-corrected chi connectivity index (χ0v) is 12.1. The predicted octanol–water partition coefficient (Wildman–Crippen LogP) is 3.91. The average Bonchev–Trinajstić information content (AvgIpc) is 2.40. The highest BCUT2D eigenvalue weighted by molar-refractivity contribution is 9.10. The molecule has 2 rings (SSSR count). The molecule has 0 saturated carbocycles. The van der Waals surface area contributed by atoms with E-state index in [-0.39, 0.29) is 0 Å². The van der Waals surface area contributed by atoms with Gasteiger partial charge in [-0.2, -0.15) is 0 Å². The molecule has 0 aliphatic heterocycles. The van der Waals surface area contributed by atoms with Gasteiger partial charge in [0.2, 0.25) is 0 Å². The van der Waals surface area contributed by atoms with Crippen molar-refractivity contribution in [1.82, 2.24) is 4.98 Å². The third-order valence-corrected chi connectivity index (χ3v) is 3.37. The molecule has 0 spiro atoms. The van der Waals surface area contributed by atoms with Crippen LogP contribution in [0.2, 0.25) is 0 Å². The van der Waals surface area contributed by atoms with Gasteiger partial charge in [0.25, 0.3) is 0 Å². The van der Waals surface area contributed by atoms with Crippen LogP contribution in [0, 0.1) is 0 Å². The first-order valence-corrected chi connectivity index (χ1v) is 6.91. The summed E-state index contributed by atoms with van der Waals surface area (Å²) in [6.07, 6.45) is 4.09. The molecule has 0 atom stereocenters. The Labute approximate surface area is 117 Å². The van der Waals surface area contributed by atoms with Crippen molar-refractivity contribution < 1.29 is 0 Å². The Kier molecular flexibility index (Phi) is 4.76. The van der Waals surface area contributed by atoms with Crippen molar-refractivity contribution in [3.63, 3.8) is 0 Å². The van der Waals surface area contributed by atoms with Crippen LogP contribution in [-0.4, -0.2) is 18.6 Å². The second kappa shape index (κ2) is 6.55. The molecular weight excluding hydrogens is 288 g/mol. The van der Waals surface area contributed by atoms with Crippen LogP contribution in [0.25, 0.3) is 0 Å². The number of hydrogen-bond donors (Lipinski definition) is 0. The largest absolute Gasteiger partial charge is 0.360 e. The van der Waals surface area contributed by atoms with Gasteiger partial charge in [-0.25, -0.2) is 4.98 Å². The lowest BCUT2D eigenvalue weighted by Gasteiger charge is -2.17. The Balaban J connectivity index is 1.81. The minimum atomic E-state index is 1.02. The normalized spacial score (nSPS) is 10.3. The number of hydrogen-bond acceptors (Lipinski definition) is 2. The smallest absolute Gasteiger partial charge is 0.128 e. The second-order valence-corrected chi connectivity index (χ2v) is 5.26. The molecule has 18 heavy (non-hydrogen) atoms. The number of benzene rings is 1. The molecule has 0 aliphatic carbocycles. The van der Waals surface area contributed by atoms with E-state index in [1.807, 2.05) is 18.3 Å². The first-order chi connectivity index (χ1) is 8.75. The predicted molar refractivity (Wildman–Crippen MR) is 80.0 cm³/mol. The van der Waals surface area contributed by atoms with E-state index >= 15 is 0 Å². The van der Waals surface area contributed by atoms with Gasteiger partial charge in [0.05, 0.1) is 0 Å². The molecule has 2 nitrogen and oxygen atoms in total. The SMILES string of the molecule is CN(CCCc1ccccc1)c1ccc(Br)cn1. The maximum absolute atomic E-state index is 4.38. The highest BCUT2D eigenvalue weighted by Gasteiger charge is 2.01. The van der Waals surface area contributed by atoms with E-state index in [9.17, 15) is 0 Å². The Bertz CT molecular complexity index is 468. The van der Waals surface area contributed by atoms with E-state index in [1.165, 1.54) is 5.56 Å². The van der Waals surface area contributed by atoms with Crippen molar-refractivity contribution in [1.29, 1.82) is 0 Å². The average molecular weight is 305 g/mol. The minimum Gasteiger partial charge on any atom is -0.360 e. The summed E-state index contributed by atoms with van der Waals surface area (Å²) in [5.41, 5.74) is 1.40. The molecular formula is C15H17BrN2. The summed E-state index contributed by atoms with van der Waals surface area (Å²) in [6.45, 7) is 1.02. The van der Waals surface area contributed by atoms with Gasteiger partial charge in [0.15, 0.2) is 0 Å². The second-order valence-electron chi connectivity index (χ2n) is 4.35. The third kappa shape index (κ3) is 3.84. The highest BCUT2D eigenvalue weighted by Crippen LogP contribution is 2.14. The topological polar surface area (TPSA) is 16.1 Å². The molecule has 94 valence electrons. The molecule has 1 aromatic carbocycles. The van der Waals surface area contributed by atoms with Gasteiger partial charge < -0.3 is 4.90 Å². The summed E-state index contributed by atoms with van der Waals surface area (Å²) < 4.78 is 1.02. The fourth-order valence-corrected chi connectivity index (χ4v) is 2.11. The number of aromatic nitrogens is 1. The van der Waals surface area contributed by atoms with E-state index < -0.39 is 0 Å². The van der Waals surface area contributed by atoms with Gasteiger partial charge in [0.1, 0.15) is 5.82 Å². The van der Waals surface area contributed by atoms with Gasteiger partial charge in [-0.3, -0.25) is 0 Å². The summed E-state index contributed by atoms with van der Waals surface area (Å²) in [5.74, 6) is 1.02. The van der Waals surface area contributed by atoms with Crippen LogP contribution in [0.15, 0.2) is 53.1 Å². The fourth-order valence-electron chi connectivity index (χ4n) is 1.87. The minimum absolute atomic E-state index is 1.02. The van der Waals surface area contributed by atoms with Crippen LogP contribution in [0.4, 0.5) is 5.82 Å². The zero-order valence-electron chi connectivity index (χ0n) is 10.5. The Morgan fingerprint density at radius 2 is 1.89 bits per heavy atom. The Hall–Kier alpha value is -1.35. The van der Waals surface area contributed by atoms with Crippen molar-refractivity contribution in [3.05, 3.63) is 58.7 Å². The summed E-state index contributed by atoms with van der Waals surface area (Å²) in [7, 11) is 2.08. The molecule has 1 aromatic heterocycles. The zero-order chi connectivity index (χ0) is 12.8. The van der Waals surface area contributed by atoms with Crippen molar-refractivity contribution in [2.45, 2.75) is 12.8 Å². The molecule has 0 saturated heterocycles. The summed E-state index contributed by atoms with van der Waals surface area (Å²) in [6, 6.07) is 14.7. The number of aryl methyl sites for hydroxylation is 1. The van der Waals surface area contributed by atoms with Gasteiger partial charge in [-0.05, 0) is 46.5 Å². The molecule has 0 amide bonds. The molecule has 0 unspecified atom stereocenters. The first kappa shape index (κ1) is 13.1. The van der Waals surface area contributed by atoms with Crippen molar-refractivity contribution in [3.8, 4) is 0 Å². The molecule has 0 aliphatic rings. The van der Waals surface area contributed by atoms with Gasteiger partial charge in [0, 0.05) is 24.3 Å². The van der Waals surface area contributed by atoms with Crippen molar-refractivity contribution in [2.24, 2.45) is 0 Å². The van der Waals surface area contributed by atoms with E-state index in [4.69, 9.17) is 0 Å². The number of nitrogens with zero attached hydrogens (tertiary/aromatic N) is 2. The fraction of sp³-hybridized carbons (Fsp3) is 0.267. The van der Waals surface area contributed by atoms with Crippen LogP contribution in [-0.2, 0) is 6.42 Å². The molecule has 2 aromatic rings. The molecule has 0 N–H and O–H groups in total. The van der Waals surface area contributed by atoms with Crippen LogP contribution in [0.1, 0.15) is 12.0 Å². The van der Waals surface area contributed by atoms with Crippen molar-refractivity contribution >= 4 is 21.7 Å². The van der Waals surface area contributed by atoms with Crippen LogP contribution in [0.5, 0.6) is 0 Å². The maximum Gasteiger partial charge on any atom is 0.128 e. The number of rotatable bonds is 5. The molecule has 0 radical (unpaired) electrons. The van der Waals surface area contributed by atoms with Crippen LogP contribution in [0.3, 0.4) is 0 Å². The lowest BCUT2D eigenvalue weighted by Crippen LogP contribution is -2.19. The Morgan fingerprint density at radius 3 is 2.56 bits per heavy atom. The molecule has 3 heteroatoms. The first-order valence-electron chi connectivity index (χ1n) is 6.12. The monoisotopic (exact) mass is 304 g/mol. The third-order valence-electron chi connectivity index (χ3n) is 2.90. The van der Waals surface area contributed by atoms with Gasteiger partial charge in [-0.15, -0.1) is 0 Å². The van der Waals surface area contributed by atoms with E-state index in [2.05, 4.69) is 63.2 Å². The standard InChI is InChI=1S/C15H17BrN2/c1-18(15-10-9-14(16)12-17-15)11-5-8-13-6-3-2-4-7-13/h2-4,6-7,9-10,12H,5,8,11H2,1H3. The molecule has 0 bridgehead atoms. The van der Waals surface area contributed by atoms with Gasteiger partial charge >= 0.3 is 0 Å². The Morgan fingerprint density at radius 1 is 1.11 bits per heavy atom. The van der Waals surface area contributed by atoms with Crippen LogP contribution >= 0.6 is 15.9 Å². The van der Waals surface area contributed by atoms with Crippen molar-refractivity contribution in [2.75, 3.05) is 18.5 Å². The lowest BCUT2D eigenvalue weighted by molar-refractivity contribution is 0.777. The number of halogens is 1. The summed E-state index contributed by atoms with van der Waals surface area (Å²) >= 11 is 3.40.